The van der Waals surface area contributed by atoms with Crippen LogP contribution < -0.4 is 0 Å². The van der Waals surface area contributed by atoms with Gasteiger partial charge in [-0.15, -0.1) is 0 Å². The topological polar surface area (TPSA) is 71.4 Å². The standard InChI is InChI=1S/C39H21N3/c40-22-25-1-4-31-16-34(10-7-28(31)13-25)37-19-38(35-11-8-29-14-26(23-41)2-5-32(29)17-35)21-39(20-37)36-12-9-30-15-27(24-42)3-6-33(30)18-36/h1-21H. The summed E-state index contributed by atoms with van der Waals surface area (Å²) in [5.74, 6) is 0. The van der Waals surface area contributed by atoms with Gasteiger partial charge in [-0.05, 0) is 138 Å². The second-order valence-electron chi connectivity index (χ2n) is 10.5. The minimum absolute atomic E-state index is 0.649. The SMILES string of the molecule is N#Cc1ccc2cc(-c3cc(-c4ccc5cc(C#N)ccc5c4)cc(-c4ccc5cc(C#N)ccc5c4)c3)ccc2c1. The quantitative estimate of drug-likeness (QED) is 0.228. The van der Waals surface area contributed by atoms with Crippen LogP contribution in [-0.2, 0) is 0 Å². The third kappa shape index (κ3) is 4.51. The van der Waals surface area contributed by atoms with Gasteiger partial charge in [0.15, 0.2) is 0 Å². The van der Waals surface area contributed by atoms with E-state index in [-0.39, 0.29) is 0 Å². The Labute approximate surface area is 243 Å². The lowest BCUT2D eigenvalue weighted by molar-refractivity contribution is 1.49. The van der Waals surface area contributed by atoms with Crippen molar-refractivity contribution >= 4 is 32.3 Å². The van der Waals surface area contributed by atoms with Gasteiger partial charge in [-0.25, -0.2) is 0 Å². The molecule has 3 heteroatoms. The molecule has 0 aliphatic heterocycles. The van der Waals surface area contributed by atoms with Crippen molar-refractivity contribution < 1.29 is 0 Å². The van der Waals surface area contributed by atoms with Crippen molar-refractivity contribution in [2.24, 2.45) is 0 Å². The fourth-order valence-electron chi connectivity index (χ4n) is 5.61. The zero-order valence-electron chi connectivity index (χ0n) is 22.5. The van der Waals surface area contributed by atoms with Crippen molar-refractivity contribution in [3.63, 3.8) is 0 Å². The van der Waals surface area contributed by atoms with Crippen LogP contribution in [0.3, 0.4) is 0 Å². The van der Waals surface area contributed by atoms with E-state index in [4.69, 9.17) is 0 Å². The molecule has 0 radical (unpaired) electrons. The van der Waals surface area contributed by atoms with Crippen molar-refractivity contribution in [1.82, 2.24) is 0 Å². The Morgan fingerprint density at radius 1 is 0.262 bits per heavy atom. The molecule has 7 rings (SSSR count). The first-order valence-corrected chi connectivity index (χ1v) is 13.6. The Kier molecular flexibility index (Phi) is 5.95. The first kappa shape index (κ1) is 24.8. The van der Waals surface area contributed by atoms with Gasteiger partial charge in [0.2, 0.25) is 0 Å². The van der Waals surface area contributed by atoms with Gasteiger partial charge in [0.1, 0.15) is 0 Å². The highest BCUT2D eigenvalue weighted by Crippen LogP contribution is 2.36. The summed E-state index contributed by atoms with van der Waals surface area (Å²) in [4.78, 5) is 0. The third-order valence-corrected chi connectivity index (χ3v) is 7.84. The molecule has 7 aromatic rings. The average molecular weight is 532 g/mol. The number of rotatable bonds is 3. The summed E-state index contributed by atoms with van der Waals surface area (Å²) in [5, 5.41) is 34.3. The van der Waals surface area contributed by atoms with Crippen molar-refractivity contribution in [2.45, 2.75) is 0 Å². The summed E-state index contributed by atoms with van der Waals surface area (Å²) in [6.45, 7) is 0. The van der Waals surface area contributed by atoms with Crippen LogP contribution in [0.2, 0.25) is 0 Å². The highest BCUT2D eigenvalue weighted by atomic mass is 14.2. The van der Waals surface area contributed by atoms with Crippen LogP contribution >= 0.6 is 0 Å². The molecule has 0 fully saturated rings. The molecule has 0 N–H and O–H groups in total. The van der Waals surface area contributed by atoms with Crippen LogP contribution in [0.1, 0.15) is 16.7 Å². The second-order valence-corrected chi connectivity index (χ2v) is 10.5. The zero-order chi connectivity index (χ0) is 28.6. The fourth-order valence-corrected chi connectivity index (χ4v) is 5.61. The minimum Gasteiger partial charge on any atom is -0.192 e. The van der Waals surface area contributed by atoms with Crippen LogP contribution in [0.4, 0.5) is 0 Å². The third-order valence-electron chi connectivity index (χ3n) is 7.84. The second kappa shape index (κ2) is 10.1. The van der Waals surface area contributed by atoms with Gasteiger partial charge in [-0.3, -0.25) is 0 Å². The molecule has 0 saturated heterocycles. The Morgan fingerprint density at radius 3 is 0.810 bits per heavy atom. The molecule has 3 nitrogen and oxygen atoms in total. The maximum Gasteiger partial charge on any atom is 0.0991 e. The summed E-state index contributed by atoms with van der Waals surface area (Å²) < 4.78 is 0. The molecule has 192 valence electrons. The molecule has 0 aromatic heterocycles. The van der Waals surface area contributed by atoms with Crippen molar-refractivity contribution in [3.8, 4) is 51.6 Å². The number of nitrogens with zero attached hydrogens (tertiary/aromatic N) is 3. The predicted molar refractivity (Wildman–Crippen MR) is 169 cm³/mol. The summed E-state index contributed by atoms with van der Waals surface area (Å²) in [7, 11) is 0. The van der Waals surface area contributed by atoms with Crippen LogP contribution in [0.15, 0.2) is 127 Å². The number of hydrogen-bond donors (Lipinski definition) is 0. The van der Waals surface area contributed by atoms with Gasteiger partial charge in [0.05, 0.1) is 34.9 Å². The number of benzene rings is 7. The van der Waals surface area contributed by atoms with E-state index in [2.05, 4.69) is 91.0 Å². The summed E-state index contributed by atoms with van der Waals surface area (Å²) in [6.07, 6.45) is 0. The van der Waals surface area contributed by atoms with E-state index in [1.165, 1.54) is 0 Å². The Bertz CT molecular complexity index is 2070. The van der Waals surface area contributed by atoms with E-state index in [1.54, 1.807) is 0 Å². The maximum absolute atomic E-state index is 9.31. The normalized spacial score (nSPS) is 10.8. The van der Waals surface area contributed by atoms with Crippen LogP contribution in [0.5, 0.6) is 0 Å². The van der Waals surface area contributed by atoms with Crippen molar-refractivity contribution in [1.29, 1.82) is 15.8 Å². The molecule has 0 spiro atoms. The summed E-state index contributed by atoms with van der Waals surface area (Å²) in [6, 6.07) is 49.7. The maximum atomic E-state index is 9.31. The molecule has 0 saturated carbocycles. The molecule has 0 unspecified atom stereocenters. The highest BCUT2D eigenvalue weighted by Gasteiger charge is 2.10. The monoisotopic (exact) mass is 531 g/mol. The molecular formula is C39H21N3. The molecule has 0 atom stereocenters. The first-order chi connectivity index (χ1) is 20.6. The van der Waals surface area contributed by atoms with Crippen LogP contribution in [0, 0.1) is 34.0 Å². The zero-order valence-corrected chi connectivity index (χ0v) is 22.5. The molecule has 0 amide bonds. The van der Waals surface area contributed by atoms with E-state index in [0.717, 1.165) is 65.7 Å². The van der Waals surface area contributed by atoms with Gasteiger partial charge in [0.25, 0.3) is 0 Å². The van der Waals surface area contributed by atoms with E-state index < -0.39 is 0 Å². The number of nitriles is 3. The molecule has 0 aliphatic rings. The molecule has 0 bridgehead atoms. The smallest absolute Gasteiger partial charge is 0.0991 e. The average Bonchev–Trinajstić information content (AvgIpc) is 3.06. The first-order valence-electron chi connectivity index (χ1n) is 13.6. The predicted octanol–water partition coefficient (Wildman–Crippen LogP) is 9.76. The molecule has 42 heavy (non-hydrogen) atoms. The Morgan fingerprint density at radius 2 is 0.524 bits per heavy atom. The van der Waals surface area contributed by atoms with E-state index >= 15 is 0 Å². The van der Waals surface area contributed by atoms with E-state index in [1.807, 2.05) is 54.6 Å². The van der Waals surface area contributed by atoms with Gasteiger partial charge < -0.3 is 0 Å². The molecule has 0 aliphatic carbocycles. The van der Waals surface area contributed by atoms with Gasteiger partial charge in [-0.1, -0.05) is 54.6 Å². The Balaban J connectivity index is 1.41. The van der Waals surface area contributed by atoms with Gasteiger partial charge >= 0.3 is 0 Å². The molecule has 7 aromatic carbocycles. The van der Waals surface area contributed by atoms with E-state index in [0.29, 0.717) is 16.7 Å². The lowest BCUT2D eigenvalue weighted by Gasteiger charge is -2.13. The summed E-state index contributed by atoms with van der Waals surface area (Å²) in [5.41, 5.74) is 8.50. The fraction of sp³-hybridized carbons (Fsp3) is 0. The van der Waals surface area contributed by atoms with Crippen molar-refractivity contribution in [2.75, 3.05) is 0 Å². The van der Waals surface area contributed by atoms with Gasteiger partial charge in [-0.2, -0.15) is 15.8 Å². The van der Waals surface area contributed by atoms with E-state index in [9.17, 15) is 15.8 Å². The largest absolute Gasteiger partial charge is 0.192 e. The minimum atomic E-state index is 0.649. The van der Waals surface area contributed by atoms with Crippen LogP contribution in [0.25, 0.3) is 65.7 Å². The number of fused-ring (bicyclic) bond motifs is 3. The lowest BCUT2D eigenvalue weighted by Crippen LogP contribution is -1.88. The summed E-state index contributed by atoms with van der Waals surface area (Å²) >= 11 is 0. The lowest BCUT2D eigenvalue weighted by atomic mass is 9.91. The van der Waals surface area contributed by atoms with Crippen LogP contribution in [-0.4, -0.2) is 0 Å². The molecular weight excluding hydrogens is 510 g/mol. The Hall–Kier alpha value is -6.21. The number of hydrogen-bond acceptors (Lipinski definition) is 3. The van der Waals surface area contributed by atoms with Crippen molar-refractivity contribution in [3.05, 3.63) is 144 Å². The molecule has 0 heterocycles. The highest BCUT2D eigenvalue weighted by molar-refractivity contribution is 5.94. The van der Waals surface area contributed by atoms with Gasteiger partial charge in [0, 0.05) is 0 Å².